The van der Waals surface area contributed by atoms with Crippen LogP contribution in [0.2, 0.25) is 0 Å². The van der Waals surface area contributed by atoms with Gasteiger partial charge in [0.05, 0.1) is 9.79 Å². The van der Waals surface area contributed by atoms with Crippen molar-refractivity contribution in [2.24, 2.45) is 0 Å². The number of nitrogens with zero attached hydrogens (tertiary/aromatic N) is 1. The first-order valence-electron chi connectivity index (χ1n) is 8.68. The zero-order valence-corrected chi connectivity index (χ0v) is 16.3. The highest BCUT2D eigenvalue weighted by molar-refractivity contribution is 7.92. The summed E-state index contributed by atoms with van der Waals surface area (Å²) >= 11 is 0. The predicted molar refractivity (Wildman–Crippen MR) is 101 cm³/mol. The van der Waals surface area contributed by atoms with E-state index in [0.717, 1.165) is 37.8 Å². The van der Waals surface area contributed by atoms with Gasteiger partial charge in [-0.3, -0.25) is 4.72 Å². The minimum Gasteiger partial charge on any atom is -0.280 e. The molecule has 1 fully saturated rings. The normalized spacial score (nSPS) is 16.6. The molecule has 2 aromatic rings. The van der Waals surface area contributed by atoms with Gasteiger partial charge in [-0.1, -0.05) is 18.9 Å². The molecule has 0 spiro atoms. The summed E-state index contributed by atoms with van der Waals surface area (Å²) in [5.41, 5.74) is 0.203. The van der Waals surface area contributed by atoms with Crippen molar-refractivity contribution in [3.8, 4) is 0 Å². The lowest BCUT2D eigenvalue weighted by Crippen LogP contribution is -2.31. The fraction of sp³-hybridized carbons (Fsp3) is 0.333. The molecule has 1 heterocycles. The van der Waals surface area contributed by atoms with E-state index < -0.39 is 25.9 Å². The Balaban J connectivity index is 1.79. The topological polar surface area (TPSA) is 83.5 Å². The fourth-order valence-electron chi connectivity index (χ4n) is 2.97. The van der Waals surface area contributed by atoms with Gasteiger partial charge in [-0.2, -0.15) is 4.31 Å². The Morgan fingerprint density at radius 3 is 2.04 bits per heavy atom. The van der Waals surface area contributed by atoms with Crippen molar-refractivity contribution in [1.82, 2.24) is 4.31 Å². The van der Waals surface area contributed by atoms with Crippen LogP contribution in [0.25, 0.3) is 0 Å². The first kappa shape index (κ1) is 19.8. The number of rotatable bonds is 5. The molecule has 0 amide bonds. The van der Waals surface area contributed by atoms with Crippen molar-refractivity contribution >= 4 is 25.7 Å². The van der Waals surface area contributed by atoms with Gasteiger partial charge in [0.2, 0.25) is 10.0 Å². The predicted octanol–water partition coefficient (Wildman–Crippen LogP) is 3.19. The molecular weight excluding hydrogens is 391 g/mol. The number of anilines is 1. The summed E-state index contributed by atoms with van der Waals surface area (Å²) in [6.07, 6.45) is 3.72. The third-order valence-electron chi connectivity index (χ3n) is 4.42. The zero-order valence-electron chi connectivity index (χ0n) is 14.6. The lowest BCUT2D eigenvalue weighted by Gasteiger charge is -2.20. The van der Waals surface area contributed by atoms with Crippen LogP contribution in [0, 0.1) is 5.82 Å². The van der Waals surface area contributed by atoms with Gasteiger partial charge >= 0.3 is 0 Å². The molecule has 2 aromatic carbocycles. The van der Waals surface area contributed by atoms with Gasteiger partial charge in [0, 0.05) is 18.8 Å². The Kier molecular flexibility index (Phi) is 5.83. The summed E-state index contributed by atoms with van der Waals surface area (Å²) in [6, 6.07) is 10.2. The second kappa shape index (κ2) is 7.95. The molecule has 0 saturated carbocycles. The SMILES string of the molecule is O=S(=O)(Nc1ccc(S(=O)(=O)N2CCCCCC2)cc1)c1cccc(F)c1. The van der Waals surface area contributed by atoms with Crippen molar-refractivity contribution in [3.63, 3.8) is 0 Å². The van der Waals surface area contributed by atoms with Crippen LogP contribution in [0.4, 0.5) is 10.1 Å². The van der Waals surface area contributed by atoms with Gasteiger partial charge in [0.15, 0.2) is 0 Å². The molecule has 3 rings (SSSR count). The first-order valence-corrected chi connectivity index (χ1v) is 11.6. The maximum absolute atomic E-state index is 13.3. The van der Waals surface area contributed by atoms with Gasteiger partial charge in [-0.25, -0.2) is 21.2 Å². The van der Waals surface area contributed by atoms with E-state index in [1.807, 2.05) is 0 Å². The van der Waals surface area contributed by atoms with Crippen LogP contribution in [0.1, 0.15) is 25.7 Å². The van der Waals surface area contributed by atoms with Crippen LogP contribution < -0.4 is 4.72 Å². The van der Waals surface area contributed by atoms with Crippen LogP contribution in [0.15, 0.2) is 58.3 Å². The van der Waals surface area contributed by atoms with E-state index in [4.69, 9.17) is 0 Å². The lowest BCUT2D eigenvalue weighted by atomic mass is 10.2. The highest BCUT2D eigenvalue weighted by atomic mass is 32.2. The van der Waals surface area contributed by atoms with Crippen molar-refractivity contribution in [2.75, 3.05) is 17.8 Å². The van der Waals surface area contributed by atoms with Crippen molar-refractivity contribution in [1.29, 1.82) is 0 Å². The maximum Gasteiger partial charge on any atom is 0.261 e. The summed E-state index contributed by atoms with van der Waals surface area (Å²) in [5.74, 6) is -0.656. The second-order valence-corrected chi connectivity index (χ2v) is 10.0. The Labute approximate surface area is 159 Å². The maximum atomic E-state index is 13.3. The molecule has 0 atom stereocenters. The molecule has 27 heavy (non-hydrogen) atoms. The van der Waals surface area contributed by atoms with E-state index in [9.17, 15) is 21.2 Å². The minimum atomic E-state index is -3.96. The molecule has 0 aromatic heterocycles. The summed E-state index contributed by atoms with van der Waals surface area (Å²) < 4.78 is 67.2. The number of hydrogen-bond acceptors (Lipinski definition) is 4. The van der Waals surface area contributed by atoms with Crippen LogP contribution >= 0.6 is 0 Å². The van der Waals surface area contributed by atoms with Crippen LogP contribution in [-0.4, -0.2) is 34.2 Å². The van der Waals surface area contributed by atoms with E-state index >= 15 is 0 Å². The molecule has 0 aliphatic carbocycles. The summed E-state index contributed by atoms with van der Waals surface area (Å²) in [5, 5.41) is 0. The lowest BCUT2D eigenvalue weighted by molar-refractivity contribution is 0.424. The highest BCUT2D eigenvalue weighted by Crippen LogP contribution is 2.23. The number of nitrogens with one attached hydrogen (secondary N) is 1. The third kappa shape index (κ3) is 4.66. The van der Waals surface area contributed by atoms with E-state index in [1.165, 1.54) is 40.7 Å². The molecule has 1 N–H and O–H groups in total. The minimum absolute atomic E-state index is 0.123. The Bertz CT molecular complexity index is 998. The van der Waals surface area contributed by atoms with Gasteiger partial charge in [0.25, 0.3) is 10.0 Å². The second-order valence-electron chi connectivity index (χ2n) is 6.41. The van der Waals surface area contributed by atoms with E-state index in [0.29, 0.717) is 13.1 Å². The Morgan fingerprint density at radius 2 is 1.44 bits per heavy atom. The monoisotopic (exact) mass is 412 g/mol. The average molecular weight is 413 g/mol. The number of hydrogen-bond donors (Lipinski definition) is 1. The molecule has 0 bridgehead atoms. The molecule has 146 valence electrons. The molecule has 1 aliphatic heterocycles. The number of sulfonamides is 2. The molecule has 6 nitrogen and oxygen atoms in total. The summed E-state index contributed by atoms with van der Waals surface area (Å²) in [4.78, 5) is -0.0816. The van der Waals surface area contributed by atoms with Crippen LogP contribution in [0.3, 0.4) is 0 Å². The van der Waals surface area contributed by atoms with E-state index in [2.05, 4.69) is 4.72 Å². The number of benzene rings is 2. The smallest absolute Gasteiger partial charge is 0.261 e. The first-order chi connectivity index (χ1) is 12.8. The highest BCUT2D eigenvalue weighted by Gasteiger charge is 2.25. The van der Waals surface area contributed by atoms with Crippen LogP contribution in [0.5, 0.6) is 0 Å². The van der Waals surface area contributed by atoms with Gasteiger partial charge < -0.3 is 0 Å². The van der Waals surface area contributed by atoms with E-state index in [-0.39, 0.29) is 15.5 Å². The van der Waals surface area contributed by atoms with Gasteiger partial charge in [-0.05, 0) is 55.3 Å². The average Bonchev–Trinajstić information content (AvgIpc) is 2.92. The summed E-state index contributed by atoms with van der Waals surface area (Å²) in [7, 11) is -7.56. The van der Waals surface area contributed by atoms with E-state index in [1.54, 1.807) is 0 Å². The standard InChI is InChI=1S/C18H21FN2O4S2/c19-15-6-5-7-18(14-15)26(22,23)20-16-8-10-17(11-9-16)27(24,25)21-12-3-1-2-4-13-21/h5-11,14,20H,1-4,12-13H2. The van der Waals surface area contributed by atoms with Crippen molar-refractivity contribution < 1.29 is 21.2 Å². The Morgan fingerprint density at radius 1 is 0.815 bits per heavy atom. The fourth-order valence-corrected chi connectivity index (χ4v) is 5.58. The van der Waals surface area contributed by atoms with Gasteiger partial charge in [-0.15, -0.1) is 0 Å². The quantitative estimate of drug-likeness (QED) is 0.818. The molecule has 1 saturated heterocycles. The van der Waals surface area contributed by atoms with Gasteiger partial charge in [0.1, 0.15) is 5.82 Å². The van der Waals surface area contributed by atoms with Crippen molar-refractivity contribution in [2.45, 2.75) is 35.5 Å². The molecule has 9 heteroatoms. The third-order valence-corrected chi connectivity index (χ3v) is 7.71. The zero-order chi connectivity index (χ0) is 19.5. The van der Waals surface area contributed by atoms with Crippen molar-refractivity contribution in [3.05, 3.63) is 54.3 Å². The molecular formula is C18H21FN2O4S2. The molecule has 0 radical (unpaired) electrons. The number of halogens is 1. The Hall–Kier alpha value is -1.97. The molecule has 0 unspecified atom stereocenters. The molecule has 1 aliphatic rings. The van der Waals surface area contributed by atoms with Crippen LogP contribution in [-0.2, 0) is 20.0 Å². The summed E-state index contributed by atoms with van der Waals surface area (Å²) in [6.45, 7) is 0.993. The largest absolute Gasteiger partial charge is 0.280 e.